The molecule has 3 heterocycles. The lowest BCUT2D eigenvalue weighted by Gasteiger charge is -2.21. The van der Waals surface area contributed by atoms with Gasteiger partial charge in [-0.05, 0) is 25.5 Å². The van der Waals surface area contributed by atoms with Gasteiger partial charge in [0.1, 0.15) is 0 Å². The van der Waals surface area contributed by atoms with Gasteiger partial charge in [0.2, 0.25) is 0 Å². The van der Waals surface area contributed by atoms with Crippen LogP contribution in [0.1, 0.15) is 41.6 Å². The third-order valence-electron chi connectivity index (χ3n) is 4.70. The molecule has 2 unspecified atom stereocenters. The number of fused-ring (bicyclic) bond motifs is 1. The van der Waals surface area contributed by atoms with E-state index < -0.39 is 0 Å². The topological polar surface area (TPSA) is 76.8 Å². The highest BCUT2D eigenvalue weighted by molar-refractivity contribution is 6.02. The van der Waals surface area contributed by atoms with Crippen LogP contribution in [0.15, 0.2) is 48.7 Å². The van der Waals surface area contributed by atoms with Crippen molar-refractivity contribution in [2.75, 3.05) is 5.32 Å². The molecule has 1 amide bonds. The average molecular weight is 350 g/mol. The second-order valence-electron chi connectivity index (χ2n) is 6.71. The van der Waals surface area contributed by atoms with Crippen molar-refractivity contribution in [2.45, 2.75) is 39.0 Å². The number of hydrogen-bond donors (Lipinski definition) is 2. The third kappa shape index (κ3) is 3.25. The van der Waals surface area contributed by atoms with Gasteiger partial charge in [-0.3, -0.25) is 14.2 Å². The first-order valence-electron chi connectivity index (χ1n) is 8.82. The molecule has 2 atom stereocenters. The molecule has 0 fully saturated rings. The molecule has 0 aliphatic carbocycles. The molecule has 7 nitrogen and oxygen atoms in total. The van der Waals surface area contributed by atoms with Crippen molar-refractivity contribution >= 4 is 11.7 Å². The Morgan fingerprint density at radius 1 is 1.27 bits per heavy atom. The predicted octanol–water partition coefficient (Wildman–Crippen LogP) is 2.43. The Labute approximate surface area is 152 Å². The Hall–Kier alpha value is -2.93. The molecular formula is C19H22N6O. The number of nitrogens with zero attached hydrogens (tertiary/aromatic N) is 4. The number of carbonyl (C=O) groups excluding carboxylic acids is 1. The molecule has 2 aromatic heterocycles. The first-order chi connectivity index (χ1) is 12.6. The van der Waals surface area contributed by atoms with Crippen LogP contribution in [0.4, 0.5) is 5.82 Å². The molecule has 0 saturated heterocycles. The van der Waals surface area contributed by atoms with Gasteiger partial charge in [-0.2, -0.15) is 10.2 Å². The Morgan fingerprint density at radius 3 is 2.88 bits per heavy atom. The van der Waals surface area contributed by atoms with Crippen LogP contribution in [-0.2, 0) is 13.1 Å². The van der Waals surface area contributed by atoms with E-state index in [0.717, 1.165) is 24.3 Å². The van der Waals surface area contributed by atoms with E-state index in [1.165, 1.54) is 0 Å². The molecule has 134 valence electrons. The molecular weight excluding hydrogens is 328 g/mol. The van der Waals surface area contributed by atoms with Crippen LogP contribution in [0.2, 0.25) is 0 Å². The summed E-state index contributed by atoms with van der Waals surface area (Å²) in [6.07, 6.45) is 1.87. The number of nitrogens with one attached hydrogen (secondary N) is 2. The fraction of sp³-hybridized carbons (Fsp3) is 0.316. The van der Waals surface area contributed by atoms with Gasteiger partial charge in [0.25, 0.3) is 5.91 Å². The number of benzene rings is 1. The monoisotopic (exact) mass is 350 g/mol. The van der Waals surface area contributed by atoms with Gasteiger partial charge in [0, 0.05) is 24.8 Å². The molecule has 4 rings (SSSR count). The van der Waals surface area contributed by atoms with Crippen LogP contribution in [-0.4, -0.2) is 31.5 Å². The Morgan fingerprint density at radius 2 is 2.08 bits per heavy atom. The summed E-state index contributed by atoms with van der Waals surface area (Å²) in [6.45, 7) is 5.67. The van der Waals surface area contributed by atoms with Crippen molar-refractivity contribution < 1.29 is 4.79 Å². The van der Waals surface area contributed by atoms with Crippen molar-refractivity contribution in [1.82, 2.24) is 24.9 Å². The van der Waals surface area contributed by atoms with Gasteiger partial charge >= 0.3 is 0 Å². The van der Waals surface area contributed by atoms with E-state index in [2.05, 4.69) is 46.8 Å². The third-order valence-corrected chi connectivity index (χ3v) is 4.70. The summed E-state index contributed by atoms with van der Waals surface area (Å²) in [5.74, 6) is 0.285. The lowest BCUT2D eigenvalue weighted by Crippen LogP contribution is -2.36. The zero-order valence-corrected chi connectivity index (χ0v) is 14.9. The zero-order valence-electron chi connectivity index (χ0n) is 14.9. The lowest BCUT2D eigenvalue weighted by molar-refractivity contribution is 0.102. The van der Waals surface area contributed by atoms with Crippen molar-refractivity contribution in [3.63, 3.8) is 0 Å². The normalized spacial score (nSPS) is 17.5. The summed E-state index contributed by atoms with van der Waals surface area (Å²) in [7, 11) is 0. The second kappa shape index (κ2) is 6.76. The number of hydrogen-bond acceptors (Lipinski definition) is 4. The summed E-state index contributed by atoms with van der Waals surface area (Å²) in [5, 5.41) is 15.1. The molecule has 7 heteroatoms. The lowest BCUT2D eigenvalue weighted by atomic mass is 10.1. The van der Waals surface area contributed by atoms with Crippen LogP contribution in [0.25, 0.3) is 0 Å². The highest BCUT2D eigenvalue weighted by atomic mass is 16.2. The molecule has 0 spiro atoms. The average Bonchev–Trinajstić information content (AvgIpc) is 3.28. The summed E-state index contributed by atoms with van der Waals surface area (Å²) >= 11 is 0. The minimum Gasteiger partial charge on any atom is -0.307 e. The molecule has 0 saturated carbocycles. The van der Waals surface area contributed by atoms with Gasteiger partial charge < -0.3 is 10.6 Å². The predicted molar refractivity (Wildman–Crippen MR) is 99.0 cm³/mol. The minimum atomic E-state index is -0.239. The van der Waals surface area contributed by atoms with E-state index in [0.29, 0.717) is 17.6 Å². The smallest absolute Gasteiger partial charge is 0.277 e. The molecule has 3 aromatic rings. The van der Waals surface area contributed by atoms with Crippen molar-refractivity contribution in [2.24, 2.45) is 0 Å². The number of aromatic nitrogens is 4. The largest absolute Gasteiger partial charge is 0.307 e. The molecule has 26 heavy (non-hydrogen) atoms. The van der Waals surface area contributed by atoms with E-state index in [-0.39, 0.29) is 11.9 Å². The first kappa shape index (κ1) is 16.5. The van der Waals surface area contributed by atoms with Gasteiger partial charge in [-0.25, -0.2) is 0 Å². The van der Waals surface area contributed by atoms with Crippen molar-refractivity contribution in [3.05, 3.63) is 65.6 Å². The van der Waals surface area contributed by atoms with E-state index in [1.54, 1.807) is 6.07 Å². The fourth-order valence-electron chi connectivity index (χ4n) is 3.15. The van der Waals surface area contributed by atoms with E-state index in [1.807, 2.05) is 39.8 Å². The van der Waals surface area contributed by atoms with E-state index >= 15 is 0 Å². The van der Waals surface area contributed by atoms with Crippen LogP contribution in [0, 0.1) is 0 Å². The fourth-order valence-corrected chi connectivity index (χ4v) is 3.15. The highest BCUT2D eigenvalue weighted by Crippen LogP contribution is 2.18. The minimum absolute atomic E-state index is 0.0920. The second-order valence-corrected chi connectivity index (χ2v) is 6.71. The number of carbonyl (C=O) groups is 1. The summed E-state index contributed by atoms with van der Waals surface area (Å²) < 4.78 is 3.74. The highest BCUT2D eigenvalue weighted by Gasteiger charge is 2.20. The maximum atomic E-state index is 12.5. The van der Waals surface area contributed by atoms with Gasteiger partial charge in [-0.15, -0.1) is 0 Å². The molecule has 1 aromatic carbocycles. The van der Waals surface area contributed by atoms with E-state index in [9.17, 15) is 4.79 Å². The molecule has 0 radical (unpaired) electrons. The maximum absolute atomic E-state index is 12.5. The van der Waals surface area contributed by atoms with Gasteiger partial charge in [0.15, 0.2) is 11.5 Å². The standard InChI is InChI=1S/C19H22N6O/c1-13-12-25-16(11-20-13)10-17(22-25)19(26)21-18-8-9-24(23-18)14(2)15-6-4-3-5-7-15/h3-10,13-14,20H,11-12H2,1-2H3,(H,21,23,26). The number of anilines is 1. The van der Waals surface area contributed by atoms with Gasteiger partial charge in [-0.1, -0.05) is 30.3 Å². The Bertz CT molecular complexity index is 913. The molecule has 2 N–H and O–H groups in total. The quantitative estimate of drug-likeness (QED) is 0.758. The van der Waals surface area contributed by atoms with Crippen molar-refractivity contribution in [1.29, 1.82) is 0 Å². The SMILES string of the molecule is CC1Cn2nc(C(=O)Nc3ccn(C(C)c4ccccc4)n3)cc2CN1. The Balaban J connectivity index is 1.47. The van der Waals surface area contributed by atoms with Crippen LogP contribution >= 0.6 is 0 Å². The summed E-state index contributed by atoms with van der Waals surface area (Å²) in [6, 6.07) is 14.2. The van der Waals surface area contributed by atoms with Crippen LogP contribution in [0.3, 0.4) is 0 Å². The van der Waals surface area contributed by atoms with Crippen LogP contribution < -0.4 is 10.6 Å². The summed E-state index contributed by atoms with van der Waals surface area (Å²) in [4.78, 5) is 12.5. The molecule has 0 bridgehead atoms. The number of rotatable bonds is 4. The summed E-state index contributed by atoms with van der Waals surface area (Å²) in [5.41, 5.74) is 2.61. The van der Waals surface area contributed by atoms with Crippen molar-refractivity contribution in [3.8, 4) is 0 Å². The van der Waals surface area contributed by atoms with Gasteiger partial charge in [0.05, 0.1) is 18.3 Å². The van der Waals surface area contributed by atoms with Crippen LogP contribution in [0.5, 0.6) is 0 Å². The Kier molecular flexibility index (Phi) is 4.30. The zero-order chi connectivity index (χ0) is 18.1. The molecule has 1 aliphatic rings. The van der Waals surface area contributed by atoms with E-state index in [4.69, 9.17) is 0 Å². The molecule has 1 aliphatic heterocycles. The maximum Gasteiger partial charge on any atom is 0.277 e. The first-order valence-corrected chi connectivity index (χ1v) is 8.82. The number of amides is 1.